The monoisotopic (exact) mass is 190 g/mol. The molecule has 0 aromatic rings. The molecule has 4 heteroatoms. The third-order valence-electron chi connectivity index (χ3n) is 1.20. The predicted molar refractivity (Wildman–Crippen MR) is 50.3 cm³/mol. The molecule has 0 heterocycles. The Morgan fingerprint density at radius 2 is 2.17 bits per heavy atom. The summed E-state index contributed by atoms with van der Waals surface area (Å²) in [5, 5.41) is 0. The van der Waals surface area contributed by atoms with Crippen LogP contribution in [0.15, 0.2) is 25.3 Å². The molecule has 0 aliphatic rings. The fraction of sp³-hybridized carbons (Fsp3) is 0.500. The van der Waals surface area contributed by atoms with Gasteiger partial charge in [0.2, 0.25) is 0 Å². The van der Waals surface area contributed by atoms with E-state index in [2.05, 4.69) is 13.2 Å². The Morgan fingerprint density at radius 3 is 2.58 bits per heavy atom. The molecule has 0 radical (unpaired) electrons. The lowest BCUT2D eigenvalue weighted by molar-refractivity contribution is 0.193. The van der Waals surface area contributed by atoms with E-state index >= 15 is 0 Å². The van der Waals surface area contributed by atoms with Crippen LogP contribution in [0.3, 0.4) is 0 Å². The van der Waals surface area contributed by atoms with E-state index in [9.17, 15) is 4.57 Å². The molecule has 0 fully saturated rings. The topological polar surface area (TPSA) is 46.5 Å². The van der Waals surface area contributed by atoms with Crippen molar-refractivity contribution >= 4 is 7.60 Å². The lowest BCUT2D eigenvalue weighted by Gasteiger charge is -2.14. The van der Waals surface area contributed by atoms with E-state index in [4.69, 9.17) is 9.42 Å². The van der Waals surface area contributed by atoms with Gasteiger partial charge in [-0.3, -0.25) is 4.57 Å². The van der Waals surface area contributed by atoms with E-state index in [0.717, 1.165) is 0 Å². The molecule has 0 aliphatic carbocycles. The molecule has 1 N–H and O–H groups in total. The molecule has 0 rings (SSSR count). The van der Waals surface area contributed by atoms with E-state index < -0.39 is 7.60 Å². The maximum absolute atomic E-state index is 11.1. The second-order valence-electron chi connectivity index (χ2n) is 2.55. The Balaban J connectivity index is 3.95. The van der Waals surface area contributed by atoms with Gasteiger partial charge < -0.3 is 9.42 Å². The molecule has 0 aromatic carbocycles. The molecule has 0 aliphatic heterocycles. The lowest BCUT2D eigenvalue weighted by atomic mass is 10.3. The quantitative estimate of drug-likeness (QED) is 0.516. The van der Waals surface area contributed by atoms with E-state index in [1.54, 1.807) is 13.0 Å². The second kappa shape index (κ2) is 5.31. The summed E-state index contributed by atoms with van der Waals surface area (Å²) in [6.45, 7) is 8.60. The van der Waals surface area contributed by atoms with E-state index in [-0.39, 0.29) is 12.3 Å². The van der Waals surface area contributed by atoms with Gasteiger partial charge in [-0.2, -0.15) is 0 Å². The van der Waals surface area contributed by atoms with Crippen molar-refractivity contribution in [3.63, 3.8) is 0 Å². The van der Waals surface area contributed by atoms with Gasteiger partial charge in [-0.15, -0.1) is 13.2 Å². The Morgan fingerprint density at radius 1 is 1.58 bits per heavy atom. The van der Waals surface area contributed by atoms with Gasteiger partial charge in [0.15, 0.2) is 0 Å². The Hall–Kier alpha value is -0.370. The minimum atomic E-state index is -3.44. The number of hydrogen-bond donors (Lipinski definition) is 1. The van der Waals surface area contributed by atoms with Gasteiger partial charge in [-0.1, -0.05) is 12.2 Å². The smallest absolute Gasteiger partial charge is 0.324 e. The highest BCUT2D eigenvalue weighted by Gasteiger charge is 2.19. The number of allylic oxidation sites excluding steroid dienone is 1. The zero-order valence-electron chi connectivity index (χ0n) is 7.27. The molecule has 2 unspecified atom stereocenters. The van der Waals surface area contributed by atoms with Gasteiger partial charge in [0.1, 0.15) is 0 Å². The molecule has 0 aromatic heterocycles. The van der Waals surface area contributed by atoms with Crippen molar-refractivity contribution in [1.29, 1.82) is 0 Å². The summed E-state index contributed by atoms with van der Waals surface area (Å²) in [4.78, 5) is 9.14. The third-order valence-corrected chi connectivity index (χ3v) is 2.61. The zero-order chi connectivity index (χ0) is 9.61. The fourth-order valence-electron chi connectivity index (χ4n) is 0.765. The first-order chi connectivity index (χ1) is 5.52. The van der Waals surface area contributed by atoms with Crippen LogP contribution < -0.4 is 0 Å². The van der Waals surface area contributed by atoms with E-state index in [0.29, 0.717) is 6.42 Å². The average Bonchev–Trinajstić information content (AvgIpc) is 1.85. The first kappa shape index (κ1) is 11.6. The summed E-state index contributed by atoms with van der Waals surface area (Å²) in [7, 11) is -3.44. The van der Waals surface area contributed by atoms with Crippen LogP contribution in [0.4, 0.5) is 0 Å². The van der Waals surface area contributed by atoms with Gasteiger partial charge in [0, 0.05) is 0 Å². The summed E-state index contributed by atoms with van der Waals surface area (Å²) in [5.41, 5.74) is 0. The summed E-state index contributed by atoms with van der Waals surface area (Å²) in [6.07, 6.45) is 3.33. The first-order valence-corrected chi connectivity index (χ1v) is 5.50. The van der Waals surface area contributed by atoms with Crippen LogP contribution in [-0.4, -0.2) is 17.2 Å². The van der Waals surface area contributed by atoms with Crippen molar-refractivity contribution in [2.45, 2.75) is 19.4 Å². The van der Waals surface area contributed by atoms with Gasteiger partial charge in [-0.05, 0) is 13.3 Å². The molecule has 0 bridgehead atoms. The molecule has 0 spiro atoms. The third kappa shape index (κ3) is 5.30. The van der Waals surface area contributed by atoms with Crippen LogP contribution in [0, 0.1) is 0 Å². The minimum absolute atomic E-state index is 0.00547. The fourth-order valence-corrected chi connectivity index (χ4v) is 1.83. The average molecular weight is 190 g/mol. The number of rotatable bonds is 6. The van der Waals surface area contributed by atoms with Crippen LogP contribution in [0.25, 0.3) is 0 Å². The zero-order valence-corrected chi connectivity index (χ0v) is 8.17. The lowest BCUT2D eigenvalue weighted by Crippen LogP contribution is -2.05. The highest BCUT2D eigenvalue weighted by molar-refractivity contribution is 7.53. The first-order valence-electron chi connectivity index (χ1n) is 3.74. The Kier molecular flexibility index (Phi) is 5.14. The van der Waals surface area contributed by atoms with Crippen molar-refractivity contribution in [1.82, 2.24) is 0 Å². The molecule has 0 saturated carbocycles. The van der Waals surface area contributed by atoms with Crippen LogP contribution in [-0.2, 0) is 9.09 Å². The predicted octanol–water partition coefficient (Wildman–Crippen LogP) is 2.34. The summed E-state index contributed by atoms with van der Waals surface area (Å²) < 4.78 is 16.0. The SMILES string of the molecule is C=CCC(C)OP(=O)(O)CC=C. The highest BCUT2D eigenvalue weighted by Crippen LogP contribution is 2.43. The van der Waals surface area contributed by atoms with Crippen molar-refractivity contribution < 1.29 is 14.0 Å². The molecule has 2 atom stereocenters. The molecular weight excluding hydrogens is 175 g/mol. The van der Waals surface area contributed by atoms with E-state index in [1.807, 2.05) is 0 Å². The Bertz CT molecular complexity index is 200. The van der Waals surface area contributed by atoms with Gasteiger partial charge in [-0.25, -0.2) is 0 Å². The summed E-state index contributed by atoms with van der Waals surface area (Å²) >= 11 is 0. The second-order valence-corrected chi connectivity index (χ2v) is 4.40. The van der Waals surface area contributed by atoms with Gasteiger partial charge >= 0.3 is 7.60 Å². The van der Waals surface area contributed by atoms with Crippen molar-refractivity contribution in [3.05, 3.63) is 25.3 Å². The highest BCUT2D eigenvalue weighted by atomic mass is 31.2. The molecule has 12 heavy (non-hydrogen) atoms. The van der Waals surface area contributed by atoms with Crippen LogP contribution in [0.1, 0.15) is 13.3 Å². The maximum atomic E-state index is 11.1. The minimum Gasteiger partial charge on any atom is -0.324 e. The normalized spacial score (nSPS) is 17.8. The van der Waals surface area contributed by atoms with E-state index in [1.165, 1.54) is 6.08 Å². The maximum Gasteiger partial charge on any atom is 0.332 e. The molecule has 0 saturated heterocycles. The van der Waals surface area contributed by atoms with Crippen molar-refractivity contribution in [2.75, 3.05) is 6.16 Å². The van der Waals surface area contributed by atoms with Gasteiger partial charge in [0.25, 0.3) is 0 Å². The largest absolute Gasteiger partial charge is 0.332 e. The van der Waals surface area contributed by atoms with Crippen molar-refractivity contribution in [3.8, 4) is 0 Å². The number of hydrogen-bond acceptors (Lipinski definition) is 2. The molecule has 70 valence electrons. The Labute approximate surface area is 73.3 Å². The standard InChI is InChI=1S/C8H15O3P/c1-4-6-8(3)11-12(9,10)7-5-2/h4-5,8H,1-2,6-7H2,3H3,(H,9,10). The van der Waals surface area contributed by atoms with Gasteiger partial charge in [0.05, 0.1) is 12.3 Å². The van der Waals surface area contributed by atoms with Crippen molar-refractivity contribution in [2.24, 2.45) is 0 Å². The van der Waals surface area contributed by atoms with Crippen LogP contribution in [0.5, 0.6) is 0 Å². The summed E-state index contributed by atoms with van der Waals surface area (Å²) in [6, 6.07) is 0. The molecule has 3 nitrogen and oxygen atoms in total. The van der Waals surface area contributed by atoms with Crippen LogP contribution in [0.2, 0.25) is 0 Å². The molecular formula is C8H15O3P. The summed E-state index contributed by atoms with van der Waals surface area (Å²) in [5.74, 6) is 0. The van der Waals surface area contributed by atoms with Crippen LogP contribution >= 0.6 is 7.60 Å². The molecule has 0 amide bonds.